The van der Waals surface area contributed by atoms with Gasteiger partial charge in [0, 0.05) is 29.1 Å². The second-order valence-electron chi connectivity index (χ2n) is 10.1. The van der Waals surface area contributed by atoms with Crippen molar-refractivity contribution < 1.29 is 28.6 Å². The number of nitrogens with zero attached hydrogens (tertiary/aromatic N) is 2. The van der Waals surface area contributed by atoms with E-state index in [9.17, 15) is 28.6 Å². The average molecular weight is 636 g/mol. The fourth-order valence-corrected chi connectivity index (χ4v) is 4.96. The maximum atomic E-state index is 13.1. The second kappa shape index (κ2) is 12.8. The molecule has 5 rings (SSSR count). The molecule has 2 aromatic heterocycles. The van der Waals surface area contributed by atoms with Crippen LogP contribution >= 0.6 is 34.5 Å². The normalized spacial score (nSPS) is 13.8. The van der Waals surface area contributed by atoms with Gasteiger partial charge in [-0.25, -0.2) is 18.7 Å². The highest BCUT2D eigenvalue weighted by Gasteiger charge is 2.36. The molecule has 42 heavy (non-hydrogen) atoms. The summed E-state index contributed by atoms with van der Waals surface area (Å²) in [5.41, 5.74) is -0.562. The first-order valence-corrected chi connectivity index (χ1v) is 14.2. The summed E-state index contributed by atoms with van der Waals surface area (Å²) in [5.74, 6) is -1.67. The molecule has 220 valence electrons. The van der Waals surface area contributed by atoms with Crippen molar-refractivity contribution in [1.82, 2.24) is 9.97 Å². The molecule has 0 radical (unpaired) electrons. The number of pyridine rings is 1. The van der Waals surface area contributed by atoms with Crippen molar-refractivity contribution in [3.8, 4) is 0 Å². The number of anilines is 2. The number of thiazole rings is 1. The van der Waals surface area contributed by atoms with Crippen LogP contribution in [0.15, 0.2) is 60.9 Å². The van der Waals surface area contributed by atoms with Crippen molar-refractivity contribution >= 4 is 57.3 Å². The lowest BCUT2D eigenvalue weighted by molar-refractivity contribution is -0.0390. The van der Waals surface area contributed by atoms with Crippen LogP contribution in [0.2, 0.25) is 10.0 Å². The molecule has 4 aromatic rings. The van der Waals surface area contributed by atoms with Gasteiger partial charge in [-0.05, 0) is 75.6 Å². The lowest BCUT2D eigenvalue weighted by atomic mass is 9.76. The Morgan fingerprint density at radius 1 is 0.905 bits per heavy atom. The first-order chi connectivity index (χ1) is 19.7. The average Bonchev–Trinajstić information content (AvgIpc) is 3.40. The fourth-order valence-electron chi connectivity index (χ4n) is 3.79. The molecule has 2 aromatic carbocycles. The Morgan fingerprint density at radius 2 is 1.48 bits per heavy atom. The number of hydrogen-bond acceptors (Lipinski definition) is 7. The molecule has 0 aliphatic heterocycles. The minimum atomic E-state index is -1.01. The first kappa shape index (κ1) is 31.5. The van der Waals surface area contributed by atoms with Crippen molar-refractivity contribution in [1.29, 1.82) is 0 Å². The van der Waals surface area contributed by atoms with E-state index in [2.05, 4.69) is 20.6 Å². The molecule has 8 nitrogen and oxygen atoms in total. The number of amides is 2. The van der Waals surface area contributed by atoms with Crippen LogP contribution in [0.1, 0.15) is 64.3 Å². The van der Waals surface area contributed by atoms with E-state index in [1.807, 2.05) is 0 Å². The number of rotatable bonds is 6. The molecule has 13 heteroatoms. The molecule has 2 amide bonds. The van der Waals surface area contributed by atoms with E-state index < -0.39 is 34.7 Å². The number of benzene rings is 2. The summed E-state index contributed by atoms with van der Waals surface area (Å²) in [6, 6.07) is 10.8. The Kier molecular flexibility index (Phi) is 9.59. The van der Waals surface area contributed by atoms with Crippen LogP contribution in [0.4, 0.5) is 19.7 Å². The highest BCUT2D eigenvalue weighted by Crippen LogP contribution is 2.40. The van der Waals surface area contributed by atoms with Crippen LogP contribution in [-0.2, 0) is 11.2 Å². The summed E-state index contributed by atoms with van der Waals surface area (Å²) in [6.45, 7) is 3.26. The highest BCUT2D eigenvalue weighted by atomic mass is 35.5. The SMILES string of the molecule is CC(C)(O)c1cnc(NC(=O)c2ccc(F)c(Cl)c2)s1.O=C(Nc1ccc(C2(O)CCC2)cn1)c1ccc(F)c(Cl)c1. The van der Waals surface area contributed by atoms with Crippen LogP contribution in [0.5, 0.6) is 0 Å². The van der Waals surface area contributed by atoms with Crippen LogP contribution in [0.25, 0.3) is 0 Å². The van der Waals surface area contributed by atoms with Crippen molar-refractivity contribution in [2.24, 2.45) is 0 Å². The van der Waals surface area contributed by atoms with Crippen LogP contribution < -0.4 is 10.6 Å². The molecule has 4 N–H and O–H groups in total. The van der Waals surface area contributed by atoms with Crippen LogP contribution in [0.3, 0.4) is 0 Å². The van der Waals surface area contributed by atoms with E-state index in [0.717, 1.165) is 37.0 Å². The van der Waals surface area contributed by atoms with Gasteiger partial charge in [0.1, 0.15) is 17.5 Å². The van der Waals surface area contributed by atoms with E-state index in [1.165, 1.54) is 41.8 Å². The summed E-state index contributed by atoms with van der Waals surface area (Å²) in [7, 11) is 0. The zero-order valence-electron chi connectivity index (χ0n) is 22.4. The van der Waals surface area contributed by atoms with Gasteiger partial charge < -0.3 is 15.5 Å². The second-order valence-corrected chi connectivity index (χ2v) is 11.9. The molecule has 0 bridgehead atoms. The van der Waals surface area contributed by atoms with Gasteiger partial charge >= 0.3 is 0 Å². The predicted molar refractivity (Wildman–Crippen MR) is 158 cm³/mol. The minimum absolute atomic E-state index is 0.108. The van der Waals surface area contributed by atoms with Gasteiger partial charge in [-0.2, -0.15) is 0 Å². The van der Waals surface area contributed by atoms with E-state index in [1.54, 1.807) is 32.2 Å². The zero-order valence-corrected chi connectivity index (χ0v) is 24.7. The fraction of sp³-hybridized carbons (Fsp3) is 0.241. The Hall–Kier alpha value is -3.48. The summed E-state index contributed by atoms with van der Waals surface area (Å²) < 4.78 is 26.1. The maximum absolute atomic E-state index is 13.1. The zero-order chi connectivity index (χ0) is 30.7. The molecule has 0 saturated heterocycles. The molecule has 1 aliphatic carbocycles. The monoisotopic (exact) mass is 634 g/mol. The Morgan fingerprint density at radius 3 is 1.90 bits per heavy atom. The Balaban J connectivity index is 0.000000194. The van der Waals surface area contributed by atoms with Gasteiger partial charge in [-0.15, -0.1) is 0 Å². The van der Waals surface area contributed by atoms with Crippen molar-refractivity contribution in [2.45, 2.75) is 44.3 Å². The van der Waals surface area contributed by atoms with Gasteiger partial charge in [-0.1, -0.05) is 40.6 Å². The third-order valence-corrected chi connectivity index (χ3v) is 8.22. The number of aliphatic hydroxyl groups is 2. The van der Waals surface area contributed by atoms with Crippen molar-refractivity contribution in [3.63, 3.8) is 0 Å². The van der Waals surface area contributed by atoms with E-state index >= 15 is 0 Å². The molecule has 1 saturated carbocycles. The van der Waals surface area contributed by atoms with Gasteiger partial charge in [-0.3, -0.25) is 14.9 Å². The molecule has 0 spiro atoms. The number of carbonyl (C=O) groups is 2. The summed E-state index contributed by atoms with van der Waals surface area (Å²) in [6.07, 6.45) is 5.52. The number of nitrogens with one attached hydrogen (secondary N) is 2. The molecular weight excluding hydrogens is 609 g/mol. The number of aromatic nitrogens is 2. The van der Waals surface area contributed by atoms with Gasteiger partial charge in [0.2, 0.25) is 0 Å². The Bertz CT molecular complexity index is 1610. The quantitative estimate of drug-likeness (QED) is 0.183. The number of halogens is 4. The lowest BCUT2D eigenvalue weighted by Gasteiger charge is -2.36. The highest BCUT2D eigenvalue weighted by molar-refractivity contribution is 7.15. The smallest absolute Gasteiger partial charge is 0.257 e. The molecule has 1 aliphatic rings. The molecule has 1 fully saturated rings. The van der Waals surface area contributed by atoms with E-state index in [4.69, 9.17) is 23.2 Å². The largest absolute Gasteiger partial charge is 0.385 e. The molecule has 2 heterocycles. The maximum Gasteiger partial charge on any atom is 0.257 e. The third kappa shape index (κ3) is 7.67. The van der Waals surface area contributed by atoms with Gasteiger partial charge in [0.05, 0.1) is 26.1 Å². The van der Waals surface area contributed by atoms with Gasteiger partial charge in [0.15, 0.2) is 5.13 Å². The van der Waals surface area contributed by atoms with Crippen molar-refractivity contribution in [2.75, 3.05) is 10.6 Å². The third-order valence-electron chi connectivity index (χ3n) is 6.42. The standard InChI is InChI=1S/C16H14ClFN2O2.C13H12ClFN2O2S/c17-12-8-10(2-4-13(12)18)15(21)20-14-5-3-11(9-19-14)16(22)6-1-7-16;1-13(2,19)10-6-16-12(20-10)17-11(18)7-3-4-9(15)8(14)5-7/h2-5,8-9,22H,1,6-7H2,(H,19,20,21);3-6,19H,1-2H3,(H,16,17,18). The van der Waals surface area contributed by atoms with Crippen molar-refractivity contribution in [3.05, 3.63) is 104 Å². The number of hydrogen-bond donors (Lipinski definition) is 4. The Labute approximate surface area is 254 Å². The van der Waals surface area contributed by atoms with Gasteiger partial charge in [0.25, 0.3) is 11.8 Å². The van der Waals surface area contributed by atoms with E-state index in [0.29, 0.717) is 15.8 Å². The summed E-state index contributed by atoms with van der Waals surface area (Å²) >= 11 is 12.4. The molecular formula is C29H26Cl2F2N4O4S. The predicted octanol–water partition coefficient (Wildman–Crippen LogP) is 6.91. The number of carbonyl (C=O) groups excluding carboxylic acids is 2. The summed E-state index contributed by atoms with van der Waals surface area (Å²) in [4.78, 5) is 32.8. The topological polar surface area (TPSA) is 124 Å². The van der Waals surface area contributed by atoms with Crippen LogP contribution in [-0.4, -0.2) is 32.0 Å². The lowest BCUT2D eigenvalue weighted by Crippen LogP contribution is -2.33. The molecule has 0 atom stereocenters. The van der Waals surface area contributed by atoms with E-state index in [-0.39, 0.29) is 21.2 Å². The minimum Gasteiger partial charge on any atom is -0.385 e. The molecule has 0 unspecified atom stereocenters. The first-order valence-electron chi connectivity index (χ1n) is 12.7. The summed E-state index contributed by atoms with van der Waals surface area (Å²) in [5, 5.41) is 25.3. The van der Waals surface area contributed by atoms with Crippen LogP contribution in [0, 0.1) is 11.6 Å².